The highest BCUT2D eigenvalue weighted by atomic mass is 19.1. The molecule has 2 nitrogen and oxygen atoms in total. The molecule has 21 heavy (non-hydrogen) atoms. The Kier molecular flexibility index (Phi) is 4.51. The standard InChI is InChI=1S/C18H20FNO/c19-18-4-2-1-3-15(18)13-14-5-7-16(8-6-14)21-17-9-11-20-12-10-17/h1-8,17,20H,9-13H2. The van der Waals surface area contributed by atoms with Crippen molar-refractivity contribution in [1.29, 1.82) is 0 Å². The van der Waals surface area contributed by atoms with Crippen LogP contribution in [0.3, 0.4) is 0 Å². The van der Waals surface area contributed by atoms with Crippen LogP contribution in [0.5, 0.6) is 5.75 Å². The summed E-state index contributed by atoms with van der Waals surface area (Å²) in [5.41, 5.74) is 1.82. The molecule has 1 saturated heterocycles. The zero-order chi connectivity index (χ0) is 14.5. The lowest BCUT2D eigenvalue weighted by molar-refractivity contribution is 0.162. The molecule has 1 aliphatic heterocycles. The Morgan fingerprint density at radius 1 is 1.00 bits per heavy atom. The van der Waals surface area contributed by atoms with Crippen molar-refractivity contribution >= 4 is 0 Å². The molecule has 0 saturated carbocycles. The van der Waals surface area contributed by atoms with Gasteiger partial charge in [-0.15, -0.1) is 0 Å². The molecular weight excluding hydrogens is 265 g/mol. The summed E-state index contributed by atoms with van der Waals surface area (Å²) in [5, 5.41) is 3.33. The van der Waals surface area contributed by atoms with Gasteiger partial charge < -0.3 is 10.1 Å². The summed E-state index contributed by atoms with van der Waals surface area (Å²) in [6, 6.07) is 14.9. The summed E-state index contributed by atoms with van der Waals surface area (Å²) in [6.07, 6.45) is 3.03. The lowest BCUT2D eigenvalue weighted by Gasteiger charge is -2.23. The number of hydrogen-bond donors (Lipinski definition) is 1. The molecule has 3 rings (SSSR count). The Balaban J connectivity index is 1.62. The Morgan fingerprint density at radius 2 is 1.71 bits per heavy atom. The Hall–Kier alpha value is -1.87. The van der Waals surface area contributed by atoms with Gasteiger partial charge in [0.1, 0.15) is 17.7 Å². The number of hydrogen-bond acceptors (Lipinski definition) is 2. The van der Waals surface area contributed by atoms with E-state index in [2.05, 4.69) is 5.32 Å². The molecule has 1 heterocycles. The third-order valence-electron chi connectivity index (χ3n) is 3.86. The normalized spacial score (nSPS) is 15.9. The number of rotatable bonds is 4. The highest BCUT2D eigenvalue weighted by molar-refractivity contribution is 5.32. The maximum Gasteiger partial charge on any atom is 0.126 e. The van der Waals surface area contributed by atoms with E-state index in [1.54, 1.807) is 6.07 Å². The quantitative estimate of drug-likeness (QED) is 0.927. The van der Waals surface area contributed by atoms with Crippen LogP contribution in [-0.4, -0.2) is 19.2 Å². The van der Waals surface area contributed by atoms with Crippen LogP contribution < -0.4 is 10.1 Å². The van der Waals surface area contributed by atoms with E-state index in [1.807, 2.05) is 36.4 Å². The second-order valence-electron chi connectivity index (χ2n) is 5.48. The molecule has 0 radical (unpaired) electrons. The van der Waals surface area contributed by atoms with E-state index in [-0.39, 0.29) is 5.82 Å². The molecule has 3 heteroatoms. The fraction of sp³-hybridized carbons (Fsp3) is 0.333. The third-order valence-corrected chi connectivity index (χ3v) is 3.86. The molecule has 110 valence electrons. The second-order valence-corrected chi connectivity index (χ2v) is 5.48. The van der Waals surface area contributed by atoms with Crippen molar-refractivity contribution in [1.82, 2.24) is 5.32 Å². The van der Waals surface area contributed by atoms with E-state index in [9.17, 15) is 4.39 Å². The smallest absolute Gasteiger partial charge is 0.126 e. The molecule has 0 unspecified atom stereocenters. The van der Waals surface area contributed by atoms with Crippen LogP contribution in [0.25, 0.3) is 0 Å². The Bertz CT molecular complexity index is 576. The van der Waals surface area contributed by atoms with Crippen molar-refractivity contribution in [2.75, 3.05) is 13.1 Å². The van der Waals surface area contributed by atoms with Gasteiger partial charge in [-0.25, -0.2) is 4.39 Å². The number of piperidine rings is 1. The van der Waals surface area contributed by atoms with E-state index in [0.717, 1.165) is 42.8 Å². The highest BCUT2D eigenvalue weighted by Gasteiger charge is 2.14. The molecule has 0 aromatic heterocycles. The van der Waals surface area contributed by atoms with Crippen molar-refractivity contribution in [2.24, 2.45) is 0 Å². The van der Waals surface area contributed by atoms with Crippen molar-refractivity contribution in [2.45, 2.75) is 25.4 Å². The zero-order valence-corrected chi connectivity index (χ0v) is 12.0. The lowest BCUT2D eigenvalue weighted by Crippen LogP contribution is -2.34. The first-order chi connectivity index (χ1) is 10.3. The van der Waals surface area contributed by atoms with Gasteiger partial charge in [-0.05, 0) is 55.3 Å². The van der Waals surface area contributed by atoms with Crippen LogP contribution >= 0.6 is 0 Å². The van der Waals surface area contributed by atoms with Crippen molar-refractivity contribution in [3.63, 3.8) is 0 Å². The first kappa shape index (κ1) is 14.1. The SMILES string of the molecule is Fc1ccccc1Cc1ccc(OC2CCNCC2)cc1. The van der Waals surface area contributed by atoms with Crippen LogP contribution in [0.15, 0.2) is 48.5 Å². The van der Waals surface area contributed by atoms with Crippen molar-refractivity contribution in [3.05, 3.63) is 65.5 Å². The fourth-order valence-electron chi connectivity index (χ4n) is 2.65. The summed E-state index contributed by atoms with van der Waals surface area (Å²) in [6.45, 7) is 2.05. The van der Waals surface area contributed by atoms with Gasteiger partial charge in [0.15, 0.2) is 0 Å². The minimum absolute atomic E-state index is 0.146. The summed E-state index contributed by atoms with van der Waals surface area (Å²) >= 11 is 0. The monoisotopic (exact) mass is 285 g/mol. The van der Waals surface area contributed by atoms with E-state index in [1.165, 1.54) is 6.07 Å². The van der Waals surface area contributed by atoms with Crippen LogP contribution in [-0.2, 0) is 6.42 Å². The minimum Gasteiger partial charge on any atom is -0.490 e. The minimum atomic E-state index is -0.146. The fourth-order valence-corrected chi connectivity index (χ4v) is 2.65. The molecule has 1 fully saturated rings. The first-order valence-corrected chi connectivity index (χ1v) is 7.51. The molecule has 1 aliphatic rings. The molecule has 2 aromatic carbocycles. The van der Waals surface area contributed by atoms with E-state index in [4.69, 9.17) is 4.74 Å². The average molecular weight is 285 g/mol. The topological polar surface area (TPSA) is 21.3 Å². The predicted octanol–water partition coefficient (Wildman–Crippen LogP) is 3.55. The van der Waals surface area contributed by atoms with E-state index in [0.29, 0.717) is 12.5 Å². The molecular formula is C18H20FNO. The molecule has 0 bridgehead atoms. The number of benzene rings is 2. The molecule has 0 atom stereocenters. The van der Waals surface area contributed by atoms with E-state index < -0.39 is 0 Å². The Labute approximate surface area is 125 Å². The van der Waals surface area contributed by atoms with Gasteiger partial charge >= 0.3 is 0 Å². The Morgan fingerprint density at radius 3 is 2.43 bits per heavy atom. The summed E-state index contributed by atoms with van der Waals surface area (Å²) in [7, 11) is 0. The lowest BCUT2D eigenvalue weighted by atomic mass is 10.0. The van der Waals surface area contributed by atoms with Crippen molar-refractivity contribution < 1.29 is 9.13 Å². The average Bonchev–Trinajstić information content (AvgIpc) is 2.52. The van der Waals surface area contributed by atoms with Crippen LogP contribution in [0.1, 0.15) is 24.0 Å². The molecule has 0 amide bonds. The van der Waals surface area contributed by atoms with Gasteiger partial charge in [-0.3, -0.25) is 0 Å². The zero-order valence-electron chi connectivity index (χ0n) is 12.0. The number of halogens is 1. The largest absolute Gasteiger partial charge is 0.490 e. The van der Waals surface area contributed by atoms with Crippen LogP contribution in [0.4, 0.5) is 4.39 Å². The van der Waals surface area contributed by atoms with Gasteiger partial charge in [0.25, 0.3) is 0 Å². The maximum atomic E-state index is 13.6. The molecule has 0 aliphatic carbocycles. The summed E-state index contributed by atoms with van der Waals surface area (Å²) < 4.78 is 19.6. The van der Waals surface area contributed by atoms with Gasteiger partial charge in [-0.2, -0.15) is 0 Å². The number of ether oxygens (including phenoxy) is 1. The van der Waals surface area contributed by atoms with Crippen molar-refractivity contribution in [3.8, 4) is 5.75 Å². The van der Waals surface area contributed by atoms with Crippen LogP contribution in [0.2, 0.25) is 0 Å². The predicted molar refractivity (Wildman–Crippen MR) is 82.2 cm³/mol. The van der Waals surface area contributed by atoms with Gasteiger partial charge in [0.2, 0.25) is 0 Å². The second kappa shape index (κ2) is 6.72. The number of nitrogens with one attached hydrogen (secondary N) is 1. The van der Waals surface area contributed by atoms with Gasteiger partial charge in [0, 0.05) is 6.42 Å². The molecule has 0 spiro atoms. The van der Waals surface area contributed by atoms with Gasteiger partial charge in [0.05, 0.1) is 0 Å². The summed E-state index contributed by atoms with van der Waals surface area (Å²) in [4.78, 5) is 0. The molecule has 2 aromatic rings. The highest BCUT2D eigenvalue weighted by Crippen LogP contribution is 2.19. The summed E-state index contributed by atoms with van der Waals surface area (Å²) in [5.74, 6) is 0.756. The molecule has 1 N–H and O–H groups in total. The van der Waals surface area contributed by atoms with Crippen LogP contribution in [0, 0.1) is 5.82 Å². The van der Waals surface area contributed by atoms with Gasteiger partial charge in [-0.1, -0.05) is 30.3 Å². The first-order valence-electron chi connectivity index (χ1n) is 7.51. The third kappa shape index (κ3) is 3.82. The maximum absolute atomic E-state index is 13.6. The van der Waals surface area contributed by atoms with E-state index >= 15 is 0 Å².